The molecule has 0 saturated carbocycles. The van der Waals surface area contributed by atoms with Crippen LogP contribution in [0, 0.1) is 12.7 Å². The fourth-order valence-electron chi connectivity index (χ4n) is 1.81. The second-order valence-corrected chi connectivity index (χ2v) is 4.60. The molecule has 2 rings (SSSR count). The smallest absolute Gasteiger partial charge is 0.129 e. The van der Waals surface area contributed by atoms with Crippen LogP contribution < -0.4 is 4.74 Å². The van der Waals surface area contributed by atoms with Gasteiger partial charge in [-0.1, -0.05) is 35.0 Å². The summed E-state index contributed by atoms with van der Waals surface area (Å²) in [7, 11) is 0. The van der Waals surface area contributed by atoms with Crippen LogP contribution >= 0.6 is 0 Å². The van der Waals surface area contributed by atoms with Gasteiger partial charge in [0.05, 0.1) is 5.71 Å². The molecule has 0 spiro atoms. The maximum atomic E-state index is 13.3. The summed E-state index contributed by atoms with van der Waals surface area (Å²) in [4.78, 5) is 0. The second kappa shape index (κ2) is 6.19. The van der Waals surface area contributed by atoms with Gasteiger partial charge in [-0.3, -0.25) is 0 Å². The lowest BCUT2D eigenvalue weighted by atomic mass is 10.1. The minimum atomic E-state index is -0.398. The van der Waals surface area contributed by atoms with Gasteiger partial charge in [0.2, 0.25) is 0 Å². The van der Waals surface area contributed by atoms with Crippen molar-refractivity contribution in [2.24, 2.45) is 5.16 Å². The topological polar surface area (TPSA) is 41.8 Å². The maximum Gasteiger partial charge on any atom is 0.129 e. The van der Waals surface area contributed by atoms with Gasteiger partial charge in [0.1, 0.15) is 18.2 Å². The molecule has 0 bridgehead atoms. The van der Waals surface area contributed by atoms with Crippen LogP contribution in [0.4, 0.5) is 4.39 Å². The number of benzene rings is 2. The van der Waals surface area contributed by atoms with E-state index >= 15 is 0 Å². The SMILES string of the molecule is C/C(=N/O)c1cc(F)ccc1OCc1ccc(C)cc1. The lowest BCUT2D eigenvalue weighted by molar-refractivity contribution is 0.303. The van der Waals surface area contributed by atoms with Crippen LogP contribution in [0.25, 0.3) is 0 Å². The van der Waals surface area contributed by atoms with Crippen molar-refractivity contribution in [3.8, 4) is 5.75 Å². The van der Waals surface area contributed by atoms with Gasteiger partial charge >= 0.3 is 0 Å². The molecular formula is C16H16FNO2. The molecule has 0 fully saturated rings. The predicted molar refractivity (Wildman–Crippen MR) is 75.9 cm³/mol. The third-order valence-corrected chi connectivity index (χ3v) is 3.00. The molecule has 0 heterocycles. The summed E-state index contributed by atoms with van der Waals surface area (Å²) in [6.07, 6.45) is 0. The minimum Gasteiger partial charge on any atom is -0.488 e. The highest BCUT2D eigenvalue weighted by atomic mass is 19.1. The lowest BCUT2D eigenvalue weighted by Crippen LogP contribution is -2.03. The normalized spacial score (nSPS) is 11.4. The molecular weight excluding hydrogens is 257 g/mol. The Bertz CT molecular complexity index is 621. The van der Waals surface area contributed by atoms with Gasteiger partial charge in [0.15, 0.2) is 0 Å². The molecule has 0 amide bonds. The van der Waals surface area contributed by atoms with E-state index in [1.165, 1.54) is 23.8 Å². The first kappa shape index (κ1) is 14.1. The average molecular weight is 273 g/mol. The van der Waals surface area contributed by atoms with Crippen LogP contribution in [-0.2, 0) is 6.61 Å². The number of ether oxygens (including phenoxy) is 1. The van der Waals surface area contributed by atoms with Gasteiger partial charge in [-0.2, -0.15) is 0 Å². The van der Waals surface area contributed by atoms with Gasteiger partial charge in [-0.05, 0) is 37.6 Å². The Morgan fingerprint density at radius 3 is 2.55 bits per heavy atom. The van der Waals surface area contributed by atoms with Crippen LogP contribution in [0.15, 0.2) is 47.6 Å². The molecule has 2 aromatic rings. The summed E-state index contributed by atoms with van der Waals surface area (Å²) in [6.45, 7) is 3.98. The van der Waals surface area contributed by atoms with Crippen molar-refractivity contribution in [3.63, 3.8) is 0 Å². The molecule has 20 heavy (non-hydrogen) atoms. The highest BCUT2D eigenvalue weighted by Crippen LogP contribution is 2.22. The summed E-state index contributed by atoms with van der Waals surface area (Å²) in [5, 5.41) is 11.9. The Hall–Kier alpha value is -2.36. The van der Waals surface area contributed by atoms with Crippen LogP contribution in [0.3, 0.4) is 0 Å². The van der Waals surface area contributed by atoms with Crippen molar-refractivity contribution in [2.75, 3.05) is 0 Å². The number of aryl methyl sites for hydroxylation is 1. The van der Waals surface area contributed by atoms with Crippen molar-refractivity contribution in [1.29, 1.82) is 0 Å². The van der Waals surface area contributed by atoms with E-state index in [9.17, 15) is 4.39 Å². The van der Waals surface area contributed by atoms with Gasteiger partial charge in [0, 0.05) is 5.56 Å². The Balaban J connectivity index is 2.19. The summed E-state index contributed by atoms with van der Waals surface area (Å²) >= 11 is 0. The summed E-state index contributed by atoms with van der Waals surface area (Å²) in [5.41, 5.74) is 2.95. The molecule has 0 saturated heterocycles. The molecule has 104 valence electrons. The fraction of sp³-hybridized carbons (Fsp3) is 0.188. The van der Waals surface area contributed by atoms with E-state index in [1.54, 1.807) is 6.92 Å². The van der Waals surface area contributed by atoms with E-state index in [0.29, 0.717) is 23.6 Å². The molecule has 0 aliphatic carbocycles. The van der Waals surface area contributed by atoms with Crippen LogP contribution in [0.5, 0.6) is 5.75 Å². The van der Waals surface area contributed by atoms with Gasteiger partial charge in [-0.15, -0.1) is 0 Å². The molecule has 0 radical (unpaired) electrons. The van der Waals surface area contributed by atoms with Crippen molar-refractivity contribution < 1.29 is 14.3 Å². The number of rotatable bonds is 4. The first-order valence-corrected chi connectivity index (χ1v) is 6.27. The van der Waals surface area contributed by atoms with E-state index in [1.807, 2.05) is 31.2 Å². The molecule has 3 nitrogen and oxygen atoms in total. The second-order valence-electron chi connectivity index (χ2n) is 4.60. The zero-order valence-corrected chi connectivity index (χ0v) is 11.4. The van der Waals surface area contributed by atoms with Crippen molar-refractivity contribution in [2.45, 2.75) is 20.5 Å². The van der Waals surface area contributed by atoms with Gasteiger partial charge in [0.25, 0.3) is 0 Å². The van der Waals surface area contributed by atoms with Crippen molar-refractivity contribution in [3.05, 3.63) is 65.0 Å². The number of nitrogens with zero attached hydrogens (tertiary/aromatic N) is 1. The standard InChI is InChI=1S/C16H16FNO2/c1-11-3-5-13(6-4-11)10-20-16-8-7-14(17)9-15(16)12(2)18-19/h3-9,19H,10H2,1-2H3/b18-12-. The fourth-order valence-corrected chi connectivity index (χ4v) is 1.81. The first-order chi connectivity index (χ1) is 9.60. The van der Waals surface area contributed by atoms with E-state index < -0.39 is 5.82 Å². The van der Waals surface area contributed by atoms with E-state index in [-0.39, 0.29) is 0 Å². The van der Waals surface area contributed by atoms with Gasteiger partial charge < -0.3 is 9.94 Å². The van der Waals surface area contributed by atoms with E-state index in [4.69, 9.17) is 9.94 Å². The first-order valence-electron chi connectivity index (χ1n) is 6.27. The Labute approximate surface area is 117 Å². The third kappa shape index (κ3) is 3.35. The Morgan fingerprint density at radius 1 is 1.20 bits per heavy atom. The molecule has 4 heteroatoms. The number of hydrogen-bond acceptors (Lipinski definition) is 3. The van der Waals surface area contributed by atoms with Crippen LogP contribution in [0.1, 0.15) is 23.6 Å². The third-order valence-electron chi connectivity index (χ3n) is 3.00. The number of halogens is 1. The molecule has 0 atom stereocenters. The predicted octanol–water partition coefficient (Wildman–Crippen LogP) is 3.91. The molecule has 0 aromatic heterocycles. The Morgan fingerprint density at radius 2 is 1.90 bits per heavy atom. The van der Waals surface area contributed by atoms with Crippen molar-refractivity contribution in [1.82, 2.24) is 0 Å². The van der Waals surface area contributed by atoms with Crippen molar-refractivity contribution >= 4 is 5.71 Å². The van der Waals surface area contributed by atoms with Gasteiger partial charge in [-0.25, -0.2) is 4.39 Å². The average Bonchev–Trinajstić information content (AvgIpc) is 2.46. The zero-order chi connectivity index (χ0) is 14.5. The molecule has 1 N–H and O–H groups in total. The van der Waals surface area contributed by atoms with E-state index in [2.05, 4.69) is 5.16 Å². The number of oxime groups is 1. The lowest BCUT2D eigenvalue weighted by Gasteiger charge is -2.11. The summed E-state index contributed by atoms with van der Waals surface area (Å²) in [6, 6.07) is 12.1. The summed E-state index contributed by atoms with van der Waals surface area (Å²) < 4.78 is 18.9. The quantitative estimate of drug-likeness (QED) is 0.521. The van der Waals surface area contributed by atoms with Crippen LogP contribution in [-0.4, -0.2) is 10.9 Å². The monoisotopic (exact) mass is 273 g/mol. The Kier molecular flexibility index (Phi) is 4.35. The maximum absolute atomic E-state index is 13.3. The largest absolute Gasteiger partial charge is 0.488 e. The highest BCUT2D eigenvalue weighted by Gasteiger charge is 2.09. The molecule has 0 unspecified atom stereocenters. The zero-order valence-electron chi connectivity index (χ0n) is 11.4. The van der Waals surface area contributed by atoms with Crippen LogP contribution in [0.2, 0.25) is 0 Å². The summed E-state index contributed by atoms with van der Waals surface area (Å²) in [5.74, 6) is 0.0907. The minimum absolute atomic E-state index is 0.309. The van der Waals surface area contributed by atoms with E-state index in [0.717, 1.165) is 5.56 Å². The highest BCUT2D eigenvalue weighted by molar-refractivity contribution is 6.00. The molecule has 0 aliphatic rings. The number of hydrogen-bond donors (Lipinski definition) is 1. The molecule has 2 aromatic carbocycles. The molecule has 0 aliphatic heterocycles.